The second-order valence-electron chi connectivity index (χ2n) is 13.4. The molecule has 1 atom stereocenters. The molecule has 4 heterocycles. The Labute approximate surface area is 276 Å². The highest BCUT2D eigenvalue weighted by Crippen LogP contribution is 2.57. The Hall–Kier alpha value is -3.36. The van der Waals surface area contributed by atoms with Gasteiger partial charge in [-0.3, -0.25) is 23.0 Å². The first kappa shape index (κ1) is 35.0. The number of nitrogens with zero attached hydrogens (tertiary/aromatic N) is 6. The van der Waals surface area contributed by atoms with Gasteiger partial charge in [-0.25, -0.2) is 23.6 Å². The monoisotopic (exact) mass is 691 g/mol. The van der Waals surface area contributed by atoms with Crippen molar-refractivity contribution in [2.75, 3.05) is 5.32 Å². The van der Waals surface area contributed by atoms with Gasteiger partial charge in [-0.2, -0.15) is 14.6 Å². The molecule has 1 unspecified atom stereocenters. The predicted molar refractivity (Wildman–Crippen MR) is 174 cm³/mol. The van der Waals surface area contributed by atoms with Crippen molar-refractivity contribution in [2.24, 2.45) is 0 Å². The van der Waals surface area contributed by atoms with E-state index in [2.05, 4.69) is 25.5 Å². The summed E-state index contributed by atoms with van der Waals surface area (Å²) in [6.07, 6.45) is 8.98. The van der Waals surface area contributed by atoms with Gasteiger partial charge in [-0.15, -0.1) is 11.3 Å². The molecule has 12 nitrogen and oxygen atoms in total. The lowest BCUT2D eigenvalue weighted by Crippen LogP contribution is -2.25. The van der Waals surface area contributed by atoms with Crippen molar-refractivity contribution < 1.29 is 31.7 Å². The van der Waals surface area contributed by atoms with Crippen molar-refractivity contribution in [3.63, 3.8) is 0 Å². The fourth-order valence-corrected chi connectivity index (χ4v) is 7.80. The minimum Gasteiger partial charge on any atom is -0.317 e. The number of halogens is 2. The quantitative estimate of drug-likeness (QED) is 0.128. The van der Waals surface area contributed by atoms with Gasteiger partial charge < -0.3 is 5.32 Å². The molecule has 4 aromatic heterocycles. The number of hydrogen-bond donors (Lipinski definition) is 1. The zero-order chi connectivity index (χ0) is 34.1. The molecule has 0 aliphatic heterocycles. The third-order valence-corrected chi connectivity index (χ3v) is 9.97. The molecule has 0 radical (unpaired) electrons. The van der Waals surface area contributed by atoms with E-state index in [1.807, 2.05) is 0 Å². The van der Waals surface area contributed by atoms with Crippen molar-refractivity contribution >= 4 is 30.8 Å². The molecule has 47 heavy (non-hydrogen) atoms. The van der Waals surface area contributed by atoms with Crippen LogP contribution in [0.4, 0.5) is 14.5 Å². The van der Waals surface area contributed by atoms with E-state index in [1.165, 1.54) is 16.0 Å². The third-order valence-electron chi connectivity index (χ3n) is 6.98. The van der Waals surface area contributed by atoms with E-state index < -0.39 is 42.9 Å². The van der Waals surface area contributed by atoms with Crippen LogP contribution in [0.2, 0.25) is 0 Å². The van der Waals surface area contributed by atoms with Crippen molar-refractivity contribution in [3.05, 3.63) is 53.6 Å². The minimum absolute atomic E-state index is 0.0369. The van der Waals surface area contributed by atoms with Crippen LogP contribution in [0.3, 0.4) is 0 Å². The van der Waals surface area contributed by atoms with Crippen LogP contribution < -0.4 is 5.32 Å². The maximum atomic E-state index is 14.8. The lowest BCUT2D eigenvalue weighted by atomic mass is 9.96. The molecule has 0 saturated heterocycles. The van der Waals surface area contributed by atoms with E-state index >= 15 is 0 Å². The number of rotatable bonds is 10. The van der Waals surface area contributed by atoms with E-state index in [4.69, 9.17) is 13.6 Å². The van der Waals surface area contributed by atoms with Gasteiger partial charge in [0, 0.05) is 23.3 Å². The summed E-state index contributed by atoms with van der Waals surface area (Å²) in [7, 11) is -4.01. The molecule has 0 spiro atoms. The lowest BCUT2D eigenvalue weighted by molar-refractivity contribution is -0.0230. The van der Waals surface area contributed by atoms with Crippen LogP contribution in [0.5, 0.6) is 0 Å². The summed E-state index contributed by atoms with van der Waals surface area (Å²) >= 11 is 1.22. The Morgan fingerprint density at radius 2 is 1.70 bits per heavy atom. The molecular weight excluding hydrogens is 651 g/mol. The van der Waals surface area contributed by atoms with Crippen LogP contribution >= 0.6 is 19.2 Å². The number of nitrogens with one attached hydrogen (secondary N) is 1. The van der Waals surface area contributed by atoms with Gasteiger partial charge in [-0.1, -0.05) is 19.3 Å². The van der Waals surface area contributed by atoms with Gasteiger partial charge in [0.15, 0.2) is 12.0 Å². The van der Waals surface area contributed by atoms with Gasteiger partial charge in [0.05, 0.1) is 29.1 Å². The van der Waals surface area contributed by atoms with Gasteiger partial charge in [0.25, 0.3) is 5.91 Å². The fourth-order valence-electron chi connectivity index (χ4n) is 5.09. The standard InChI is InChI=1S/C31H40F2N7O5PS/c1-19(43-46(42,44-30(2,3)4)45-31(5,6)7)39-16-20(15-34-39)29-36-24(18-47-29)28(41)35-23-17-40(21-11-9-8-10-12-21)38-27(23)26-22(32)13-14-25(33)37-26/h13-19,21H,8-12H2,1-7H3,(H,35,41). The largest absolute Gasteiger partial charge is 0.477 e. The number of hydrogen-bond acceptors (Lipinski definition) is 10. The average Bonchev–Trinajstić information content (AvgIpc) is 3.72. The molecular formula is C31H40F2N7O5PS. The summed E-state index contributed by atoms with van der Waals surface area (Å²) < 4.78 is 62.8. The highest BCUT2D eigenvalue weighted by atomic mass is 32.1. The van der Waals surface area contributed by atoms with E-state index in [9.17, 15) is 18.1 Å². The second-order valence-corrected chi connectivity index (χ2v) is 15.7. The van der Waals surface area contributed by atoms with Crippen molar-refractivity contribution in [1.82, 2.24) is 29.5 Å². The van der Waals surface area contributed by atoms with Crippen molar-refractivity contribution in [2.45, 2.75) is 104 Å². The first-order valence-electron chi connectivity index (χ1n) is 15.4. The Morgan fingerprint density at radius 3 is 2.36 bits per heavy atom. The summed E-state index contributed by atoms with van der Waals surface area (Å²) in [5, 5.41) is 13.7. The predicted octanol–water partition coefficient (Wildman–Crippen LogP) is 8.57. The van der Waals surface area contributed by atoms with Crippen LogP contribution in [-0.2, 0) is 18.1 Å². The number of anilines is 1. The molecule has 5 rings (SSSR count). The Morgan fingerprint density at radius 1 is 1.02 bits per heavy atom. The summed E-state index contributed by atoms with van der Waals surface area (Å²) in [4.78, 5) is 21.6. The van der Waals surface area contributed by atoms with Crippen molar-refractivity contribution in [1.29, 1.82) is 0 Å². The molecule has 1 fully saturated rings. The number of aromatic nitrogens is 6. The molecule has 254 valence electrons. The zero-order valence-corrected chi connectivity index (χ0v) is 29.2. The van der Waals surface area contributed by atoms with Gasteiger partial charge in [0.2, 0.25) is 5.95 Å². The highest BCUT2D eigenvalue weighted by Gasteiger charge is 2.39. The summed E-state index contributed by atoms with van der Waals surface area (Å²) in [5.74, 6) is -2.17. The number of phosphoric acid groups is 1. The summed E-state index contributed by atoms with van der Waals surface area (Å²) in [6.45, 7) is 12.2. The molecule has 1 saturated carbocycles. The molecule has 1 amide bonds. The topological polar surface area (TPSA) is 135 Å². The average molecular weight is 692 g/mol. The van der Waals surface area contributed by atoms with Crippen LogP contribution in [0.25, 0.3) is 22.0 Å². The Kier molecular flexibility index (Phi) is 10.1. The molecule has 16 heteroatoms. The molecule has 1 aliphatic rings. The summed E-state index contributed by atoms with van der Waals surface area (Å²) in [5.41, 5.74) is -0.962. The number of carbonyl (C=O) groups is 1. The summed E-state index contributed by atoms with van der Waals surface area (Å²) in [6, 6.07) is 1.99. The third kappa shape index (κ3) is 8.96. The van der Waals surface area contributed by atoms with Crippen LogP contribution in [0, 0.1) is 11.8 Å². The lowest BCUT2D eigenvalue weighted by Gasteiger charge is -2.32. The molecule has 1 N–H and O–H groups in total. The van der Waals surface area contributed by atoms with E-state index in [-0.39, 0.29) is 28.8 Å². The number of thiazole rings is 1. The number of pyridine rings is 1. The second kappa shape index (κ2) is 13.6. The first-order chi connectivity index (χ1) is 22.0. The maximum Gasteiger partial charge on any atom is 0.477 e. The first-order valence-corrected chi connectivity index (χ1v) is 17.8. The Bertz CT molecular complexity index is 1750. The Balaban J connectivity index is 1.34. The van der Waals surface area contributed by atoms with E-state index in [0.717, 1.165) is 44.2 Å². The maximum absolute atomic E-state index is 14.8. The number of phosphoric ester groups is 1. The van der Waals surface area contributed by atoms with Gasteiger partial charge in [-0.05, 0) is 73.4 Å². The number of carbonyl (C=O) groups excluding carboxylic acids is 1. The van der Waals surface area contributed by atoms with Crippen LogP contribution in [0.1, 0.15) is 103 Å². The SMILES string of the molecule is CC(OP(=O)(OC(C)(C)C)OC(C)(C)C)n1cc(-c2nc(C(=O)Nc3cn(C4CCCCC4)nc3-c3nc(F)ccc3F)cs2)cn1. The number of amides is 1. The van der Waals surface area contributed by atoms with Crippen molar-refractivity contribution in [3.8, 4) is 22.0 Å². The zero-order valence-electron chi connectivity index (χ0n) is 27.5. The van der Waals surface area contributed by atoms with Crippen LogP contribution in [0.15, 0.2) is 36.1 Å². The highest BCUT2D eigenvalue weighted by molar-refractivity contribution is 7.48. The smallest absolute Gasteiger partial charge is 0.317 e. The molecule has 1 aliphatic carbocycles. The molecule has 4 aromatic rings. The minimum atomic E-state index is -4.01. The van der Waals surface area contributed by atoms with E-state index in [1.54, 1.807) is 77.1 Å². The van der Waals surface area contributed by atoms with E-state index in [0.29, 0.717) is 10.6 Å². The fraction of sp³-hybridized carbons (Fsp3) is 0.516. The molecule has 0 aromatic carbocycles. The normalized spacial score (nSPS) is 15.6. The molecule has 0 bridgehead atoms. The van der Waals surface area contributed by atoms with Gasteiger partial charge >= 0.3 is 7.82 Å². The van der Waals surface area contributed by atoms with Crippen LogP contribution in [-0.4, -0.2) is 46.6 Å². The van der Waals surface area contributed by atoms with Gasteiger partial charge in [0.1, 0.15) is 22.1 Å².